The number of halogens is 3. The van der Waals surface area contributed by atoms with Crippen LogP contribution < -0.4 is 5.32 Å². The third-order valence-corrected chi connectivity index (χ3v) is 9.59. The first-order valence-electron chi connectivity index (χ1n) is 14.3. The normalized spacial score (nSPS) is 12.5. The van der Waals surface area contributed by atoms with Crippen molar-refractivity contribution in [2.24, 2.45) is 0 Å². The number of hydrogen-bond acceptors (Lipinski definition) is 4. The number of Topliss-reactive ketones (excluding diaryl/α,β-unsaturated/α-hetero) is 1. The molecule has 4 aromatic carbocycles. The molecule has 0 aliphatic heterocycles. The molecule has 236 valence electrons. The SMILES string of the molecule is CC(C)(C)c1ccc(C(Cc2ccc(C(=O)CCCS(=O)(=O)O)cc2Br)C(=O)Nc2ccc(-c3ccc(Cl)cc3Cl)cc2)cc1. The maximum Gasteiger partial charge on any atom is 0.264 e. The number of carbonyl (C=O) groups excluding carboxylic acids is 2. The van der Waals surface area contributed by atoms with Crippen molar-refractivity contribution in [2.75, 3.05) is 11.1 Å². The van der Waals surface area contributed by atoms with Crippen molar-refractivity contribution in [3.05, 3.63) is 122 Å². The van der Waals surface area contributed by atoms with Crippen molar-refractivity contribution in [1.82, 2.24) is 0 Å². The lowest BCUT2D eigenvalue weighted by Crippen LogP contribution is -2.23. The average Bonchev–Trinajstić information content (AvgIpc) is 2.96. The van der Waals surface area contributed by atoms with Crippen molar-refractivity contribution in [1.29, 1.82) is 0 Å². The molecule has 10 heteroatoms. The predicted octanol–water partition coefficient (Wildman–Crippen LogP) is 9.54. The molecule has 6 nitrogen and oxygen atoms in total. The average molecular weight is 732 g/mol. The first-order valence-corrected chi connectivity index (χ1v) is 17.5. The minimum absolute atomic E-state index is 0.0141. The third kappa shape index (κ3) is 9.74. The van der Waals surface area contributed by atoms with E-state index >= 15 is 0 Å². The molecule has 0 heterocycles. The monoisotopic (exact) mass is 729 g/mol. The van der Waals surface area contributed by atoms with Crippen molar-refractivity contribution >= 4 is 66.6 Å². The van der Waals surface area contributed by atoms with E-state index in [-0.39, 0.29) is 29.9 Å². The summed E-state index contributed by atoms with van der Waals surface area (Å²) < 4.78 is 31.6. The van der Waals surface area contributed by atoms with Crippen LogP contribution in [-0.4, -0.2) is 30.4 Å². The van der Waals surface area contributed by atoms with Crippen LogP contribution in [0.3, 0.4) is 0 Å². The molecule has 0 saturated heterocycles. The van der Waals surface area contributed by atoms with Gasteiger partial charge in [0.2, 0.25) is 5.91 Å². The first-order chi connectivity index (χ1) is 21.1. The molecule has 45 heavy (non-hydrogen) atoms. The highest BCUT2D eigenvalue weighted by Gasteiger charge is 2.24. The molecule has 0 radical (unpaired) electrons. The predicted molar refractivity (Wildman–Crippen MR) is 186 cm³/mol. The van der Waals surface area contributed by atoms with Crippen LogP contribution >= 0.6 is 39.1 Å². The van der Waals surface area contributed by atoms with Gasteiger partial charge in [0.25, 0.3) is 10.1 Å². The second-order valence-corrected chi connectivity index (χ2v) is 15.2. The summed E-state index contributed by atoms with van der Waals surface area (Å²) in [5.41, 5.74) is 5.56. The lowest BCUT2D eigenvalue weighted by Gasteiger charge is -2.22. The van der Waals surface area contributed by atoms with Gasteiger partial charge in [0, 0.05) is 37.8 Å². The van der Waals surface area contributed by atoms with Gasteiger partial charge in [-0.1, -0.05) is 115 Å². The maximum atomic E-state index is 13.8. The Bertz CT molecular complexity index is 1800. The van der Waals surface area contributed by atoms with Crippen LogP contribution in [0.15, 0.2) is 89.4 Å². The molecular formula is C35H34BrCl2NO5S. The summed E-state index contributed by atoms with van der Waals surface area (Å²) in [5, 5.41) is 4.15. The van der Waals surface area contributed by atoms with E-state index in [0.717, 1.165) is 27.8 Å². The Morgan fingerprint density at radius 1 is 0.911 bits per heavy atom. The van der Waals surface area contributed by atoms with E-state index < -0.39 is 21.8 Å². The van der Waals surface area contributed by atoms with Gasteiger partial charge in [0.15, 0.2) is 5.78 Å². The zero-order chi connectivity index (χ0) is 32.9. The van der Waals surface area contributed by atoms with Crippen LogP contribution in [0, 0.1) is 0 Å². The van der Waals surface area contributed by atoms with Gasteiger partial charge < -0.3 is 5.32 Å². The molecule has 0 bridgehead atoms. The highest BCUT2D eigenvalue weighted by molar-refractivity contribution is 9.10. The van der Waals surface area contributed by atoms with Gasteiger partial charge >= 0.3 is 0 Å². The largest absolute Gasteiger partial charge is 0.326 e. The summed E-state index contributed by atoms with van der Waals surface area (Å²) in [6, 6.07) is 26.0. The summed E-state index contributed by atoms with van der Waals surface area (Å²) in [4.78, 5) is 26.5. The molecule has 4 rings (SSSR count). The minimum atomic E-state index is -4.13. The number of hydrogen-bond donors (Lipinski definition) is 2. The van der Waals surface area contributed by atoms with Crippen molar-refractivity contribution in [2.45, 2.75) is 51.4 Å². The fraction of sp³-hybridized carbons (Fsp3) is 0.257. The third-order valence-electron chi connectivity index (χ3n) is 7.50. The fourth-order valence-electron chi connectivity index (χ4n) is 4.93. The standard InChI is InChI=1S/C35H34BrCl2NO5S/c1-35(2,3)26-12-8-23(9-13-26)30(19-24-6-7-25(20-31(24)36)33(40)5-4-18-45(42,43)44)34(41)39-28-15-10-22(11-16-28)29-17-14-27(37)21-32(29)38/h6-17,20-21,30H,4-5,18-19H2,1-3H3,(H,39,41)(H,42,43,44). The number of carbonyl (C=O) groups is 2. The van der Waals surface area contributed by atoms with Crippen LogP contribution in [0.2, 0.25) is 10.0 Å². The van der Waals surface area contributed by atoms with Gasteiger partial charge in [-0.2, -0.15) is 8.42 Å². The Morgan fingerprint density at radius 3 is 2.16 bits per heavy atom. The molecule has 1 atom stereocenters. The van der Waals surface area contributed by atoms with E-state index in [9.17, 15) is 18.0 Å². The zero-order valence-electron chi connectivity index (χ0n) is 25.1. The fourth-order valence-corrected chi connectivity index (χ4v) is 6.50. The van der Waals surface area contributed by atoms with Crippen molar-refractivity contribution < 1.29 is 22.6 Å². The Labute approximate surface area is 283 Å². The molecular weight excluding hydrogens is 697 g/mol. The van der Waals surface area contributed by atoms with E-state index in [1.165, 1.54) is 0 Å². The van der Waals surface area contributed by atoms with E-state index in [4.69, 9.17) is 27.8 Å². The summed E-state index contributed by atoms with van der Waals surface area (Å²) in [6.07, 6.45) is 0.369. The van der Waals surface area contributed by atoms with Crippen molar-refractivity contribution in [3.8, 4) is 11.1 Å². The van der Waals surface area contributed by atoms with Gasteiger partial charge in [-0.05, 0) is 70.8 Å². The van der Waals surface area contributed by atoms with Gasteiger partial charge in [-0.15, -0.1) is 0 Å². The summed E-state index contributed by atoms with van der Waals surface area (Å²) in [5.74, 6) is -1.44. The van der Waals surface area contributed by atoms with E-state index in [1.807, 2.05) is 54.6 Å². The number of rotatable bonds is 11. The Balaban J connectivity index is 1.57. The first kappa shape index (κ1) is 34.9. The highest BCUT2D eigenvalue weighted by atomic mass is 79.9. The lowest BCUT2D eigenvalue weighted by molar-refractivity contribution is -0.117. The van der Waals surface area contributed by atoms with Crippen LogP contribution in [0.1, 0.15) is 66.6 Å². The lowest BCUT2D eigenvalue weighted by atomic mass is 9.84. The van der Waals surface area contributed by atoms with Gasteiger partial charge in [-0.25, -0.2) is 0 Å². The number of anilines is 1. The Hall–Kier alpha value is -3.01. The minimum Gasteiger partial charge on any atom is -0.326 e. The number of amides is 1. The molecule has 1 unspecified atom stereocenters. The molecule has 0 saturated carbocycles. The molecule has 4 aromatic rings. The maximum absolute atomic E-state index is 13.8. The highest BCUT2D eigenvalue weighted by Crippen LogP contribution is 2.33. The Morgan fingerprint density at radius 2 is 1.58 bits per heavy atom. The number of ketones is 1. The van der Waals surface area contributed by atoms with Crippen LogP contribution in [0.5, 0.6) is 0 Å². The number of nitrogens with one attached hydrogen (secondary N) is 1. The zero-order valence-corrected chi connectivity index (χ0v) is 29.0. The van der Waals surface area contributed by atoms with E-state index in [0.29, 0.717) is 32.2 Å². The number of benzene rings is 4. The molecule has 2 N–H and O–H groups in total. The van der Waals surface area contributed by atoms with Crippen LogP contribution in [0.4, 0.5) is 5.69 Å². The topological polar surface area (TPSA) is 101 Å². The molecule has 1 amide bonds. The smallest absolute Gasteiger partial charge is 0.264 e. The van der Waals surface area contributed by atoms with E-state index in [2.05, 4.69) is 42.0 Å². The van der Waals surface area contributed by atoms with Gasteiger partial charge in [0.1, 0.15) is 0 Å². The quantitative estimate of drug-likeness (QED) is 0.118. The molecule has 0 fully saturated rings. The Kier molecular flexibility index (Phi) is 11.3. The van der Waals surface area contributed by atoms with E-state index in [1.54, 1.807) is 30.3 Å². The summed E-state index contributed by atoms with van der Waals surface area (Å²) in [6.45, 7) is 6.40. The van der Waals surface area contributed by atoms with Gasteiger partial charge in [0.05, 0.1) is 11.7 Å². The molecule has 0 aliphatic carbocycles. The van der Waals surface area contributed by atoms with Gasteiger partial charge in [-0.3, -0.25) is 14.1 Å². The second-order valence-electron chi connectivity index (χ2n) is 11.9. The van der Waals surface area contributed by atoms with Crippen LogP contribution in [-0.2, 0) is 26.7 Å². The summed E-state index contributed by atoms with van der Waals surface area (Å²) in [7, 11) is -4.13. The second kappa shape index (κ2) is 14.6. The van der Waals surface area contributed by atoms with Crippen molar-refractivity contribution in [3.63, 3.8) is 0 Å². The molecule has 0 aliphatic rings. The molecule has 0 spiro atoms. The molecule has 0 aromatic heterocycles. The summed E-state index contributed by atoms with van der Waals surface area (Å²) >= 11 is 16.0. The van der Waals surface area contributed by atoms with Crippen LogP contribution in [0.25, 0.3) is 11.1 Å².